The van der Waals surface area contributed by atoms with Crippen LogP contribution in [0.1, 0.15) is 16.1 Å². The number of aromatic nitrogens is 1. The number of hydrogen-bond donors (Lipinski definition) is 4. The monoisotopic (exact) mass is 497 g/mol. The van der Waals surface area contributed by atoms with Gasteiger partial charge in [-0.25, -0.2) is 4.79 Å². The van der Waals surface area contributed by atoms with Gasteiger partial charge in [-0.1, -0.05) is 42.5 Å². The summed E-state index contributed by atoms with van der Waals surface area (Å²) >= 11 is 6.58. The minimum Gasteiger partial charge on any atom is -0.445 e. The Morgan fingerprint density at radius 1 is 1.15 bits per heavy atom. The number of nitrogens with one attached hydrogen (secondary N) is 3. The van der Waals surface area contributed by atoms with E-state index in [9.17, 15) is 14.7 Å². The molecule has 1 aliphatic carbocycles. The highest BCUT2D eigenvalue weighted by molar-refractivity contribution is 9.13. The number of aliphatic hydroxyl groups is 1. The number of aliphatic hydroxyl groups excluding tert-OH is 1. The Kier molecular flexibility index (Phi) is 6.35. The van der Waals surface area contributed by atoms with E-state index in [1.807, 2.05) is 30.3 Å². The number of hydrogen-bond acceptors (Lipinski definition) is 4. The molecule has 1 aliphatic rings. The molecule has 3 atom stereocenters. The third-order valence-corrected chi connectivity index (χ3v) is 5.82. The van der Waals surface area contributed by atoms with Gasteiger partial charge < -0.3 is 25.5 Å². The second-order valence-corrected chi connectivity index (χ2v) is 7.60. The number of ether oxygens (including phenoxy) is 1. The molecule has 1 aromatic heterocycles. The van der Waals surface area contributed by atoms with Crippen molar-refractivity contribution in [2.24, 2.45) is 0 Å². The van der Waals surface area contributed by atoms with E-state index in [-0.39, 0.29) is 12.5 Å². The fourth-order valence-electron chi connectivity index (χ4n) is 2.65. The minimum absolute atomic E-state index is 0.116. The van der Waals surface area contributed by atoms with Crippen molar-refractivity contribution < 1.29 is 19.4 Å². The summed E-state index contributed by atoms with van der Waals surface area (Å²) in [6.45, 7) is 0.116. The van der Waals surface area contributed by atoms with Crippen molar-refractivity contribution in [1.82, 2.24) is 15.6 Å². The van der Waals surface area contributed by atoms with Gasteiger partial charge in [0.05, 0.1) is 27.3 Å². The van der Waals surface area contributed by atoms with Crippen molar-refractivity contribution >= 4 is 43.9 Å². The zero-order valence-corrected chi connectivity index (χ0v) is 17.2. The molecule has 2 aromatic rings. The van der Waals surface area contributed by atoms with Crippen LogP contribution < -0.4 is 10.6 Å². The Morgan fingerprint density at radius 3 is 2.56 bits per heavy atom. The molecule has 7 nitrogen and oxygen atoms in total. The maximum absolute atomic E-state index is 12.4. The van der Waals surface area contributed by atoms with Gasteiger partial charge in [0.15, 0.2) is 0 Å². The Morgan fingerprint density at radius 2 is 1.89 bits per heavy atom. The number of halogens is 2. The Labute approximate surface area is 172 Å². The van der Waals surface area contributed by atoms with Crippen molar-refractivity contribution in [3.8, 4) is 0 Å². The second-order valence-electron chi connectivity index (χ2n) is 5.95. The highest BCUT2D eigenvalue weighted by atomic mass is 79.9. The SMILES string of the molecule is O=C(N[C@@H]1C(O)C=C[C@H]1NC(=O)c1cc(Br)c(Br)[nH]1)OCc1ccccc1. The lowest BCUT2D eigenvalue weighted by Gasteiger charge is -2.24. The predicted molar refractivity (Wildman–Crippen MR) is 106 cm³/mol. The smallest absolute Gasteiger partial charge is 0.407 e. The lowest BCUT2D eigenvalue weighted by Crippen LogP contribution is -2.53. The first-order valence-corrected chi connectivity index (χ1v) is 9.71. The first kappa shape index (κ1) is 19.7. The molecule has 4 N–H and O–H groups in total. The van der Waals surface area contributed by atoms with Crippen LogP contribution in [0.5, 0.6) is 0 Å². The first-order chi connectivity index (χ1) is 12.9. The van der Waals surface area contributed by atoms with Gasteiger partial charge in [0.2, 0.25) is 0 Å². The van der Waals surface area contributed by atoms with Crippen molar-refractivity contribution in [2.45, 2.75) is 24.8 Å². The van der Waals surface area contributed by atoms with Crippen LogP contribution in [0.4, 0.5) is 4.79 Å². The van der Waals surface area contributed by atoms with Crippen LogP contribution >= 0.6 is 31.9 Å². The number of amides is 2. The summed E-state index contributed by atoms with van der Waals surface area (Å²) in [7, 11) is 0. The predicted octanol–water partition coefficient (Wildman–Crippen LogP) is 2.86. The van der Waals surface area contributed by atoms with Crippen LogP contribution in [-0.2, 0) is 11.3 Å². The standard InChI is InChI=1S/C18H17Br2N3O4/c19-11-8-13(21-16(11)20)17(25)22-12-6-7-14(24)15(12)23-18(26)27-9-10-4-2-1-3-5-10/h1-8,12,14-15,21,24H,9H2,(H,22,25)(H,23,26)/t12-,14?,15+/m1/s1. The van der Waals surface area contributed by atoms with E-state index in [4.69, 9.17) is 4.74 Å². The van der Waals surface area contributed by atoms with Crippen LogP contribution in [0.2, 0.25) is 0 Å². The zero-order chi connectivity index (χ0) is 19.4. The van der Waals surface area contributed by atoms with E-state index >= 15 is 0 Å². The highest BCUT2D eigenvalue weighted by Gasteiger charge is 2.33. The van der Waals surface area contributed by atoms with Gasteiger partial charge in [0, 0.05) is 0 Å². The topological polar surface area (TPSA) is 103 Å². The van der Waals surface area contributed by atoms with Crippen molar-refractivity contribution in [3.05, 3.63) is 68.9 Å². The number of aromatic amines is 1. The molecule has 0 fully saturated rings. The molecule has 0 aliphatic heterocycles. The number of rotatable bonds is 5. The minimum atomic E-state index is -0.929. The number of alkyl carbamates (subject to hydrolysis) is 1. The maximum Gasteiger partial charge on any atom is 0.407 e. The fourth-order valence-corrected chi connectivity index (χ4v) is 3.31. The third kappa shape index (κ3) is 5.00. The van der Waals surface area contributed by atoms with Crippen molar-refractivity contribution in [3.63, 3.8) is 0 Å². The number of carbonyl (C=O) groups is 2. The summed E-state index contributed by atoms with van der Waals surface area (Å²) in [4.78, 5) is 27.3. The van der Waals surface area contributed by atoms with Gasteiger partial charge in [-0.2, -0.15) is 0 Å². The lowest BCUT2D eigenvalue weighted by molar-refractivity contribution is 0.0902. The van der Waals surface area contributed by atoms with Gasteiger partial charge in [0.25, 0.3) is 5.91 Å². The van der Waals surface area contributed by atoms with Crippen LogP contribution in [0.15, 0.2) is 57.6 Å². The molecular formula is C18H17Br2N3O4. The number of benzene rings is 1. The molecule has 0 spiro atoms. The molecule has 142 valence electrons. The molecule has 0 saturated heterocycles. The normalized spacial score (nSPS) is 21.1. The van der Waals surface area contributed by atoms with Gasteiger partial charge in [-0.3, -0.25) is 4.79 Å². The van der Waals surface area contributed by atoms with E-state index in [0.717, 1.165) is 5.56 Å². The molecule has 3 rings (SSSR count). The molecule has 0 saturated carbocycles. The number of carbonyl (C=O) groups excluding carboxylic acids is 2. The summed E-state index contributed by atoms with van der Waals surface area (Å²) in [6, 6.07) is 9.60. The van der Waals surface area contributed by atoms with Crippen LogP contribution in [-0.4, -0.2) is 40.3 Å². The molecular weight excluding hydrogens is 482 g/mol. The summed E-state index contributed by atoms with van der Waals surface area (Å²) in [5, 5.41) is 15.5. The Balaban J connectivity index is 1.57. The second kappa shape index (κ2) is 8.73. The van der Waals surface area contributed by atoms with Gasteiger partial charge in [-0.15, -0.1) is 0 Å². The summed E-state index contributed by atoms with van der Waals surface area (Å²) in [6.07, 6.45) is 1.56. The maximum atomic E-state index is 12.4. The Hall–Kier alpha value is -2.10. The van der Waals surface area contributed by atoms with E-state index in [1.165, 1.54) is 6.08 Å². The van der Waals surface area contributed by atoms with Gasteiger partial charge >= 0.3 is 6.09 Å². The van der Waals surface area contributed by atoms with E-state index < -0.39 is 24.3 Å². The largest absolute Gasteiger partial charge is 0.445 e. The number of H-pyrrole nitrogens is 1. The van der Waals surface area contributed by atoms with Crippen molar-refractivity contribution in [2.75, 3.05) is 0 Å². The summed E-state index contributed by atoms with van der Waals surface area (Å²) in [5.74, 6) is -0.366. The summed E-state index contributed by atoms with van der Waals surface area (Å²) < 4.78 is 6.54. The van der Waals surface area contributed by atoms with Gasteiger partial charge in [0.1, 0.15) is 12.3 Å². The first-order valence-electron chi connectivity index (χ1n) is 8.12. The van der Waals surface area contributed by atoms with E-state index in [1.54, 1.807) is 12.1 Å². The van der Waals surface area contributed by atoms with Crippen molar-refractivity contribution in [1.29, 1.82) is 0 Å². The molecule has 1 unspecified atom stereocenters. The average molecular weight is 499 g/mol. The Bertz CT molecular complexity index is 834. The molecule has 0 radical (unpaired) electrons. The molecule has 1 aromatic carbocycles. The molecule has 9 heteroatoms. The summed E-state index contributed by atoms with van der Waals surface area (Å²) in [5.41, 5.74) is 1.19. The van der Waals surface area contributed by atoms with E-state index in [0.29, 0.717) is 14.8 Å². The molecule has 1 heterocycles. The average Bonchev–Trinajstić information content (AvgIpc) is 3.17. The fraction of sp³-hybridized carbons (Fsp3) is 0.222. The van der Waals surface area contributed by atoms with Crippen LogP contribution in [0.3, 0.4) is 0 Å². The highest BCUT2D eigenvalue weighted by Crippen LogP contribution is 2.23. The quantitative estimate of drug-likeness (QED) is 0.476. The molecule has 2 amide bonds. The van der Waals surface area contributed by atoms with E-state index in [2.05, 4.69) is 47.5 Å². The molecule has 0 bridgehead atoms. The van der Waals surface area contributed by atoms with Crippen LogP contribution in [0, 0.1) is 0 Å². The third-order valence-electron chi connectivity index (χ3n) is 4.04. The van der Waals surface area contributed by atoms with Crippen LogP contribution in [0.25, 0.3) is 0 Å². The lowest BCUT2D eigenvalue weighted by atomic mass is 10.1. The molecule has 27 heavy (non-hydrogen) atoms. The zero-order valence-electron chi connectivity index (χ0n) is 14.0. The van der Waals surface area contributed by atoms with Gasteiger partial charge in [-0.05, 0) is 43.5 Å².